The van der Waals surface area contributed by atoms with Crippen molar-refractivity contribution in [2.24, 2.45) is 23.7 Å². The average molecular weight is 913 g/mol. The van der Waals surface area contributed by atoms with E-state index in [-0.39, 0.29) is 41.0 Å². The second-order valence-electron chi connectivity index (χ2n) is 16.1. The highest BCUT2D eigenvalue weighted by Crippen LogP contribution is 2.37. The summed E-state index contributed by atoms with van der Waals surface area (Å²) < 4.78 is 49.5. The Morgan fingerprint density at radius 1 is 0.439 bits per heavy atom. The van der Waals surface area contributed by atoms with Gasteiger partial charge >= 0.3 is 35.8 Å². The lowest BCUT2D eigenvalue weighted by atomic mass is 9.82. The van der Waals surface area contributed by atoms with Gasteiger partial charge in [-0.2, -0.15) is 0 Å². The molecule has 0 aliphatic heterocycles. The van der Waals surface area contributed by atoms with Gasteiger partial charge in [-0.25, -0.2) is 9.59 Å². The molecule has 0 atom stereocenters. The van der Waals surface area contributed by atoms with Gasteiger partial charge in [-0.05, 0) is 151 Å². The number of carbonyl (C=O) groups is 6. The Morgan fingerprint density at radius 3 is 1.18 bits per heavy atom. The lowest BCUT2D eigenvalue weighted by Gasteiger charge is -2.26. The molecule has 354 valence electrons. The van der Waals surface area contributed by atoms with Crippen LogP contribution in [-0.2, 0) is 38.2 Å². The summed E-state index contributed by atoms with van der Waals surface area (Å²) in [6, 6.07) is 18.2. The molecule has 0 N–H and O–H groups in total. The van der Waals surface area contributed by atoms with E-state index in [1.807, 2.05) is 0 Å². The summed E-state index contributed by atoms with van der Waals surface area (Å²) in [6.07, 6.45) is 10.8. The molecule has 15 nitrogen and oxygen atoms in total. The van der Waals surface area contributed by atoms with E-state index in [2.05, 4.69) is 13.2 Å². The zero-order chi connectivity index (χ0) is 47.1. The number of carbonyl (C=O) groups excluding carboxylic acids is 6. The SMILES string of the molecule is C=CC(=O)OCCCCCCOc1ccc(OC(=O)C2CCC(C(=O)Oc3ccc(OC(=O)C4CCC(C(=O)Oc5ccc(OCCCCOC(=O)C=C)cc5)CC4)c(OC)c3)CC2)cc1. The quantitative estimate of drug-likeness (QED) is 0.0339. The van der Waals surface area contributed by atoms with Crippen molar-refractivity contribution in [2.75, 3.05) is 33.5 Å². The molecule has 2 aliphatic carbocycles. The van der Waals surface area contributed by atoms with Crippen LogP contribution in [0.3, 0.4) is 0 Å². The van der Waals surface area contributed by atoms with Crippen molar-refractivity contribution in [3.63, 3.8) is 0 Å². The molecule has 0 spiro atoms. The Bertz CT molecular complexity index is 2080. The summed E-state index contributed by atoms with van der Waals surface area (Å²) in [5, 5.41) is 0. The van der Waals surface area contributed by atoms with Crippen LogP contribution in [-0.4, -0.2) is 69.4 Å². The molecule has 0 heterocycles. The van der Waals surface area contributed by atoms with E-state index in [1.165, 1.54) is 25.3 Å². The number of ether oxygens (including phenoxy) is 9. The van der Waals surface area contributed by atoms with Gasteiger partial charge in [0.1, 0.15) is 28.7 Å². The molecule has 0 saturated heterocycles. The lowest BCUT2D eigenvalue weighted by molar-refractivity contribution is -0.145. The fraction of sp³-hybridized carbons (Fsp3) is 0.451. The highest BCUT2D eigenvalue weighted by atomic mass is 16.6. The largest absolute Gasteiger partial charge is 0.494 e. The smallest absolute Gasteiger partial charge is 0.330 e. The standard InChI is InChI=1S/C51H60O15/c1-4-46(52)61-32-9-7-6-8-30-59-39-20-24-41(25-21-39)63-48(54)35-12-14-37(15-13-35)50(56)65-43-28-29-44(45(34-43)58-3)66-51(57)38-18-16-36(17-19-38)49(55)64-42-26-22-40(23-27-42)60-31-10-11-33-62-47(53)5-2/h4-5,20-29,34-38H,1-2,6-19,30-33H2,3H3. The predicted molar refractivity (Wildman–Crippen MR) is 240 cm³/mol. The molecule has 2 fully saturated rings. The topological polar surface area (TPSA) is 185 Å². The average Bonchev–Trinajstić information content (AvgIpc) is 3.34. The summed E-state index contributed by atoms with van der Waals surface area (Å²) in [7, 11) is 1.42. The van der Waals surface area contributed by atoms with E-state index in [4.69, 9.17) is 42.6 Å². The van der Waals surface area contributed by atoms with Crippen LogP contribution < -0.4 is 33.2 Å². The van der Waals surface area contributed by atoms with Gasteiger partial charge in [-0.15, -0.1) is 0 Å². The third-order valence-corrected chi connectivity index (χ3v) is 11.4. The van der Waals surface area contributed by atoms with E-state index in [0.29, 0.717) is 114 Å². The molecule has 0 unspecified atom stereocenters. The van der Waals surface area contributed by atoms with Gasteiger partial charge in [-0.3, -0.25) is 19.2 Å². The van der Waals surface area contributed by atoms with Gasteiger partial charge in [0.2, 0.25) is 0 Å². The first-order valence-electron chi connectivity index (χ1n) is 22.6. The van der Waals surface area contributed by atoms with Crippen LogP contribution in [0.2, 0.25) is 0 Å². The first-order valence-corrected chi connectivity index (χ1v) is 22.6. The maximum absolute atomic E-state index is 13.2. The summed E-state index contributed by atoms with van der Waals surface area (Å²) in [5.41, 5.74) is 0. The van der Waals surface area contributed by atoms with Crippen molar-refractivity contribution >= 4 is 35.8 Å². The number of rotatable bonds is 25. The molecule has 0 bridgehead atoms. The first kappa shape index (κ1) is 50.4. The molecule has 66 heavy (non-hydrogen) atoms. The third-order valence-electron chi connectivity index (χ3n) is 11.4. The number of methoxy groups -OCH3 is 1. The fourth-order valence-corrected chi connectivity index (χ4v) is 7.53. The Labute approximate surface area is 385 Å². The lowest BCUT2D eigenvalue weighted by Crippen LogP contribution is -2.30. The monoisotopic (exact) mass is 912 g/mol. The van der Waals surface area contributed by atoms with E-state index >= 15 is 0 Å². The number of hydrogen-bond acceptors (Lipinski definition) is 15. The maximum atomic E-state index is 13.2. The second kappa shape index (κ2) is 27.0. The molecule has 0 amide bonds. The molecule has 2 aliphatic rings. The van der Waals surface area contributed by atoms with Gasteiger partial charge in [0.05, 0.1) is 57.2 Å². The maximum Gasteiger partial charge on any atom is 0.330 e. The minimum absolute atomic E-state index is 0.181. The molecule has 0 radical (unpaired) electrons. The summed E-state index contributed by atoms with van der Waals surface area (Å²) in [6.45, 7) is 8.38. The highest BCUT2D eigenvalue weighted by Gasteiger charge is 2.34. The van der Waals surface area contributed by atoms with Crippen molar-refractivity contribution in [3.05, 3.63) is 92.0 Å². The van der Waals surface area contributed by atoms with Crippen LogP contribution in [0, 0.1) is 23.7 Å². The molecule has 5 rings (SSSR count). The Balaban J connectivity index is 0.960. The third kappa shape index (κ3) is 16.7. The van der Waals surface area contributed by atoms with Crippen LogP contribution in [0.4, 0.5) is 0 Å². The molecule has 0 aromatic heterocycles. The van der Waals surface area contributed by atoms with Gasteiger partial charge in [0.25, 0.3) is 0 Å². The van der Waals surface area contributed by atoms with Crippen LogP contribution in [0.15, 0.2) is 92.0 Å². The van der Waals surface area contributed by atoms with Crippen molar-refractivity contribution in [2.45, 2.75) is 89.9 Å². The Morgan fingerprint density at radius 2 is 0.773 bits per heavy atom. The van der Waals surface area contributed by atoms with E-state index in [9.17, 15) is 28.8 Å². The van der Waals surface area contributed by atoms with E-state index in [0.717, 1.165) is 37.8 Å². The number of hydrogen-bond donors (Lipinski definition) is 0. The molecule has 2 saturated carbocycles. The van der Waals surface area contributed by atoms with Crippen LogP contribution >= 0.6 is 0 Å². The summed E-state index contributed by atoms with van der Waals surface area (Å²) >= 11 is 0. The summed E-state index contributed by atoms with van der Waals surface area (Å²) in [4.78, 5) is 74.4. The predicted octanol–water partition coefficient (Wildman–Crippen LogP) is 8.89. The van der Waals surface area contributed by atoms with Gasteiger partial charge in [0.15, 0.2) is 11.5 Å². The molecular formula is C51H60O15. The Hall–Kier alpha value is -6.64. The number of esters is 6. The van der Waals surface area contributed by atoms with Crippen LogP contribution in [0.5, 0.6) is 40.2 Å². The van der Waals surface area contributed by atoms with Crippen molar-refractivity contribution in [1.29, 1.82) is 0 Å². The molecule has 3 aromatic carbocycles. The van der Waals surface area contributed by atoms with Crippen molar-refractivity contribution < 1.29 is 71.4 Å². The van der Waals surface area contributed by atoms with Crippen molar-refractivity contribution in [1.82, 2.24) is 0 Å². The summed E-state index contributed by atoms with van der Waals surface area (Å²) in [5.74, 6) is -1.23. The molecular weight excluding hydrogens is 853 g/mol. The first-order chi connectivity index (χ1) is 32.0. The van der Waals surface area contributed by atoms with Crippen LogP contribution in [0.25, 0.3) is 0 Å². The zero-order valence-corrected chi connectivity index (χ0v) is 37.6. The van der Waals surface area contributed by atoms with Gasteiger partial charge in [0, 0.05) is 18.2 Å². The molecule has 15 heteroatoms. The highest BCUT2D eigenvalue weighted by molar-refractivity contribution is 5.82. The minimum Gasteiger partial charge on any atom is -0.494 e. The van der Waals surface area contributed by atoms with Gasteiger partial charge < -0.3 is 42.6 Å². The van der Waals surface area contributed by atoms with E-state index in [1.54, 1.807) is 48.5 Å². The molecule has 3 aromatic rings. The second-order valence-corrected chi connectivity index (χ2v) is 16.1. The minimum atomic E-state index is -0.452. The van der Waals surface area contributed by atoms with E-state index < -0.39 is 35.7 Å². The zero-order valence-electron chi connectivity index (χ0n) is 37.6. The number of benzene rings is 3. The van der Waals surface area contributed by atoms with Gasteiger partial charge in [-0.1, -0.05) is 13.2 Å². The number of unbranched alkanes of at least 4 members (excludes halogenated alkanes) is 4. The normalized spacial score (nSPS) is 17.8. The fourth-order valence-electron chi connectivity index (χ4n) is 7.53. The van der Waals surface area contributed by atoms with Crippen molar-refractivity contribution in [3.8, 4) is 40.2 Å². The van der Waals surface area contributed by atoms with Crippen LogP contribution in [0.1, 0.15) is 89.9 Å². The Kier molecular flexibility index (Phi) is 20.6.